The molecule has 5 N–H and O–H groups in total. The number of aliphatic hydroxyl groups excluding tert-OH is 2. The Hall–Kier alpha value is -2.99. The summed E-state index contributed by atoms with van der Waals surface area (Å²) < 4.78 is 51.1. The fraction of sp³-hybridized carbons (Fsp3) is 0.629. The Morgan fingerprint density at radius 2 is 1.76 bits per heavy atom. The molecule has 2 aromatic heterocycles. The number of fused-ring (bicyclic) bond motifs is 1. The molecule has 13 nitrogen and oxygen atoms in total. The summed E-state index contributed by atoms with van der Waals surface area (Å²) in [5.41, 5.74) is 5.82. The molecule has 1 fully saturated rings. The maximum absolute atomic E-state index is 14.0. The van der Waals surface area contributed by atoms with Crippen LogP contribution in [0.1, 0.15) is 114 Å². The number of rotatable bonds is 22. The summed E-state index contributed by atoms with van der Waals surface area (Å²) in [6.45, 7) is 2.76. The van der Waals surface area contributed by atoms with Crippen molar-refractivity contribution < 1.29 is 42.6 Å². The molecule has 0 saturated carbocycles. The number of aliphatic hydroxyl groups is 2. The number of nitrogens with zero attached hydrogens (tertiary/aromatic N) is 4. The molecule has 0 amide bonds. The van der Waals surface area contributed by atoms with Crippen LogP contribution in [0, 0.1) is 17.1 Å². The topological polar surface area (TPSA) is 195 Å². The molecule has 50 heavy (non-hydrogen) atoms. The normalized spacial score (nSPS) is 22.5. The molecule has 4 rings (SSSR count). The highest BCUT2D eigenvalue weighted by Gasteiger charge is 2.53. The van der Waals surface area contributed by atoms with Gasteiger partial charge in [-0.2, -0.15) is 10.4 Å². The molecule has 3 aromatic rings. The average Bonchev–Trinajstić information content (AvgIpc) is 3.62. The Morgan fingerprint density at radius 1 is 1.08 bits per heavy atom. The van der Waals surface area contributed by atoms with E-state index in [0.29, 0.717) is 23.2 Å². The summed E-state index contributed by atoms with van der Waals surface area (Å²) in [7, 11) is -4.70. The molecule has 0 spiro atoms. The van der Waals surface area contributed by atoms with Crippen molar-refractivity contribution in [3.05, 3.63) is 59.3 Å². The van der Waals surface area contributed by atoms with Gasteiger partial charge in [-0.15, -0.1) is 0 Å². The number of benzene rings is 1. The van der Waals surface area contributed by atoms with Gasteiger partial charge in [0.05, 0.1) is 43.3 Å². The van der Waals surface area contributed by atoms with Crippen LogP contribution in [0.4, 0.5) is 10.2 Å². The molecular weight excluding hydrogens is 668 g/mol. The van der Waals surface area contributed by atoms with Gasteiger partial charge in [-0.05, 0) is 49.2 Å². The van der Waals surface area contributed by atoms with E-state index in [0.717, 1.165) is 31.7 Å². The predicted molar refractivity (Wildman–Crippen MR) is 184 cm³/mol. The number of nitrogens with two attached hydrogens (primary N) is 1. The van der Waals surface area contributed by atoms with Gasteiger partial charge in [0, 0.05) is 0 Å². The zero-order valence-electron chi connectivity index (χ0n) is 29.0. The van der Waals surface area contributed by atoms with Gasteiger partial charge < -0.3 is 30.3 Å². The highest BCUT2D eigenvalue weighted by molar-refractivity contribution is 7.47. The number of phosphoric ester groups is 1. The van der Waals surface area contributed by atoms with E-state index >= 15 is 0 Å². The molecule has 1 aliphatic heterocycles. The van der Waals surface area contributed by atoms with Crippen LogP contribution in [0.25, 0.3) is 5.52 Å². The Labute approximate surface area is 293 Å². The maximum atomic E-state index is 14.0. The summed E-state index contributed by atoms with van der Waals surface area (Å²) in [6, 6.07) is 9.14. The molecule has 3 heterocycles. The van der Waals surface area contributed by atoms with Crippen LogP contribution in [0.2, 0.25) is 0 Å². The maximum Gasteiger partial charge on any atom is 0.472 e. The van der Waals surface area contributed by atoms with Crippen LogP contribution in [0.5, 0.6) is 0 Å². The second-order valence-electron chi connectivity index (χ2n) is 13.2. The summed E-state index contributed by atoms with van der Waals surface area (Å²) in [6.07, 6.45) is 9.97. The van der Waals surface area contributed by atoms with E-state index in [4.69, 9.17) is 24.3 Å². The molecule has 15 heteroatoms. The van der Waals surface area contributed by atoms with Crippen molar-refractivity contribution in [2.45, 2.75) is 128 Å². The van der Waals surface area contributed by atoms with E-state index in [1.165, 1.54) is 74.8 Å². The van der Waals surface area contributed by atoms with Crippen molar-refractivity contribution in [1.82, 2.24) is 14.6 Å². The molecule has 1 unspecified atom stereocenters. The summed E-state index contributed by atoms with van der Waals surface area (Å²) in [5, 5.41) is 35.1. The Balaban J connectivity index is 1.30. The molecule has 0 aliphatic carbocycles. The van der Waals surface area contributed by atoms with E-state index in [1.54, 1.807) is 12.1 Å². The standard InChI is InChI=1S/C35H51FN5O8P/c1-3-4-5-6-7-8-9-10-11-12-13-14-28(46-21-26-17-25(20-37)18-27(36)19-26)22-47-50(44,45)48-23-35(2)33(43)31(42)32(49-35)29-15-16-30-34(38)39-24-40-41(29)30/h15-19,24,28,31-33,42-43H,3-14,21-23H2,1-2H3,(H,44,45)(H2,38,39,40)/t28-,31-,32-,33-,35+/m0/s1. The van der Waals surface area contributed by atoms with Gasteiger partial charge in [0.15, 0.2) is 5.82 Å². The number of unbranched alkanes of at least 4 members (excludes halogenated alkanes) is 10. The molecule has 6 atom stereocenters. The minimum absolute atomic E-state index is 0.0303. The quantitative estimate of drug-likeness (QED) is 0.0670. The molecule has 0 radical (unpaired) electrons. The predicted octanol–water partition coefficient (Wildman–Crippen LogP) is 6.29. The highest BCUT2D eigenvalue weighted by atomic mass is 31.2. The zero-order valence-corrected chi connectivity index (χ0v) is 29.8. The fourth-order valence-corrected chi connectivity index (χ4v) is 7.04. The Kier molecular flexibility index (Phi) is 15.1. The van der Waals surface area contributed by atoms with Crippen LogP contribution >= 0.6 is 7.82 Å². The fourth-order valence-electron chi connectivity index (χ4n) is 6.19. The van der Waals surface area contributed by atoms with Gasteiger partial charge in [0.25, 0.3) is 0 Å². The second kappa shape index (κ2) is 19.0. The van der Waals surface area contributed by atoms with Gasteiger partial charge in [0.2, 0.25) is 0 Å². The van der Waals surface area contributed by atoms with Gasteiger partial charge in [-0.25, -0.2) is 18.5 Å². The number of aromatic nitrogens is 3. The van der Waals surface area contributed by atoms with Crippen molar-refractivity contribution in [2.75, 3.05) is 18.9 Å². The third-order valence-corrected chi connectivity index (χ3v) is 10.0. The third-order valence-electron chi connectivity index (χ3n) is 9.10. The summed E-state index contributed by atoms with van der Waals surface area (Å²) in [5.74, 6) is -0.341. The van der Waals surface area contributed by atoms with Crippen LogP contribution in [-0.4, -0.2) is 66.8 Å². The van der Waals surface area contributed by atoms with Gasteiger partial charge in [-0.3, -0.25) is 9.05 Å². The first-order valence-electron chi connectivity index (χ1n) is 17.5. The lowest BCUT2D eigenvalue weighted by molar-refractivity contribution is -0.101. The van der Waals surface area contributed by atoms with Crippen molar-refractivity contribution >= 4 is 19.2 Å². The summed E-state index contributed by atoms with van der Waals surface area (Å²) >= 11 is 0. The number of anilines is 1. The number of ether oxygens (including phenoxy) is 2. The number of phosphoric acid groups is 1. The van der Waals surface area contributed by atoms with Gasteiger partial charge in [-0.1, -0.05) is 77.6 Å². The third kappa shape index (κ3) is 11.3. The lowest BCUT2D eigenvalue weighted by atomic mass is 9.97. The zero-order chi connectivity index (χ0) is 36.1. The van der Waals surface area contributed by atoms with E-state index in [-0.39, 0.29) is 24.6 Å². The van der Waals surface area contributed by atoms with E-state index in [2.05, 4.69) is 17.0 Å². The van der Waals surface area contributed by atoms with E-state index in [9.17, 15) is 29.3 Å². The molecule has 1 aliphatic rings. The highest BCUT2D eigenvalue weighted by Crippen LogP contribution is 2.47. The van der Waals surface area contributed by atoms with Crippen LogP contribution < -0.4 is 5.73 Å². The second-order valence-corrected chi connectivity index (χ2v) is 14.7. The van der Waals surface area contributed by atoms with E-state index < -0.39 is 50.3 Å². The van der Waals surface area contributed by atoms with Gasteiger partial charge >= 0.3 is 7.82 Å². The number of nitriles is 1. The van der Waals surface area contributed by atoms with Crippen LogP contribution in [-0.2, 0) is 29.7 Å². The molecule has 276 valence electrons. The Morgan fingerprint density at radius 3 is 2.44 bits per heavy atom. The first kappa shape index (κ1) is 39.8. The van der Waals surface area contributed by atoms with Crippen molar-refractivity contribution in [2.24, 2.45) is 0 Å². The minimum atomic E-state index is -4.70. The monoisotopic (exact) mass is 719 g/mol. The number of hydrogen-bond acceptors (Lipinski definition) is 11. The van der Waals surface area contributed by atoms with Crippen molar-refractivity contribution in [3.63, 3.8) is 0 Å². The van der Waals surface area contributed by atoms with Crippen molar-refractivity contribution in [1.29, 1.82) is 5.26 Å². The molecule has 1 aromatic carbocycles. The van der Waals surface area contributed by atoms with E-state index in [1.807, 2.05) is 6.07 Å². The van der Waals surface area contributed by atoms with Crippen LogP contribution in [0.15, 0.2) is 36.7 Å². The van der Waals surface area contributed by atoms with Crippen LogP contribution in [0.3, 0.4) is 0 Å². The molecular formula is C35H51FN5O8P. The Bertz CT molecular complexity index is 1600. The first-order chi connectivity index (χ1) is 24.0. The van der Waals surface area contributed by atoms with Crippen molar-refractivity contribution in [3.8, 4) is 6.07 Å². The molecule has 1 saturated heterocycles. The largest absolute Gasteiger partial charge is 0.472 e. The summed E-state index contributed by atoms with van der Waals surface area (Å²) in [4.78, 5) is 14.5. The smallest absolute Gasteiger partial charge is 0.387 e. The van der Waals surface area contributed by atoms with Gasteiger partial charge in [0.1, 0.15) is 41.6 Å². The number of hydrogen-bond donors (Lipinski definition) is 4. The lowest BCUT2D eigenvalue weighted by Gasteiger charge is -2.28. The average molecular weight is 720 g/mol. The number of nitrogen functional groups attached to an aromatic ring is 1. The molecule has 0 bridgehead atoms. The first-order valence-corrected chi connectivity index (χ1v) is 19.0. The number of halogens is 1. The minimum Gasteiger partial charge on any atom is -0.387 e. The lowest BCUT2D eigenvalue weighted by Crippen LogP contribution is -2.44. The SMILES string of the molecule is CCCCCCCCCCCCC[C@@H](COP(=O)(O)OC[C@@]1(C)O[C@@H](c2ccc3c(N)ncnn23)[C@H](O)[C@@H]1O)OCc1cc(F)cc(C#N)c1.